The Morgan fingerprint density at radius 1 is 1.52 bits per heavy atom. The van der Waals surface area contributed by atoms with Crippen molar-refractivity contribution in [3.8, 4) is 0 Å². The van der Waals surface area contributed by atoms with E-state index >= 15 is 0 Å². The van der Waals surface area contributed by atoms with E-state index in [1.165, 1.54) is 23.9 Å². The third kappa shape index (κ3) is 3.34. The van der Waals surface area contributed by atoms with Gasteiger partial charge in [-0.3, -0.25) is 14.9 Å². The largest absolute Gasteiger partial charge is 0.342 e. The molecule has 2 rings (SSSR count). The summed E-state index contributed by atoms with van der Waals surface area (Å²) < 4.78 is 0. The minimum atomic E-state index is -0.509. The number of nitro groups is 1. The van der Waals surface area contributed by atoms with E-state index in [0.29, 0.717) is 10.7 Å². The Labute approximate surface area is 123 Å². The van der Waals surface area contributed by atoms with Gasteiger partial charge in [0.15, 0.2) is 5.82 Å². The van der Waals surface area contributed by atoms with E-state index in [-0.39, 0.29) is 11.3 Å². The summed E-state index contributed by atoms with van der Waals surface area (Å²) in [5, 5.41) is 26.9. The highest BCUT2D eigenvalue weighted by Gasteiger charge is 2.19. The van der Waals surface area contributed by atoms with Gasteiger partial charge >= 0.3 is 0 Å². The van der Waals surface area contributed by atoms with Crippen LogP contribution in [0.15, 0.2) is 23.1 Å². The molecule has 9 nitrogen and oxygen atoms in total. The van der Waals surface area contributed by atoms with Gasteiger partial charge in [0, 0.05) is 11.6 Å². The zero-order valence-electron chi connectivity index (χ0n) is 11.2. The number of thioether (sulfide) groups is 1. The molecular formula is C11H12N6O3S. The van der Waals surface area contributed by atoms with E-state index in [1.54, 1.807) is 19.2 Å². The van der Waals surface area contributed by atoms with Gasteiger partial charge in [0.2, 0.25) is 0 Å². The third-order valence-electron chi connectivity index (χ3n) is 2.73. The summed E-state index contributed by atoms with van der Waals surface area (Å²) in [6.45, 7) is 1.69. The number of nitrogens with zero attached hydrogens (tertiary/aromatic N) is 4. The van der Waals surface area contributed by atoms with E-state index in [0.717, 1.165) is 0 Å². The molecule has 0 saturated heterocycles. The molecule has 1 amide bonds. The second kappa shape index (κ2) is 6.31. The van der Waals surface area contributed by atoms with E-state index in [4.69, 9.17) is 0 Å². The van der Waals surface area contributed by atoms with Gasteiger partial charge in [-0.25, -0.2) is 0 Å². The van der Waals surface area contributed by atoms with Crippen molar-refractivity contribution in [1.29, 1.82) is 0 Å². The Balaban J connectivity index is 2.19. The number of amides is 1. The van der Waals surface area contributed by atoms with Crippen LogP contribution >= 0.6 is 11.8 Å². The summed E-state index contributed by atoms with van der Waals surface area (Å²) in [5.41, 5.74) is 0.109. The summed E-state index contributed by atoms with van der Waals surface area (Å²) in [6.07, 6.45) is 1.74. The number of nitrogens with one attached hydrogen (secondary N) is 2. The molecule has 0 aliphatic carbocycles. The molecule has 1 atom stereocenters. The van der Waals surface area contributed by atoms with Crippen molar-refractivity contribution in [2.45, 2.75) is 17.9 Å². The molecular weight excluding hydrogens is 296 g/mol. The molecule has 110 valence electrons. The molecule has 2 N–H and O–H groups in total. The van der Waals surface area contributed by atoms with Crippen LogP contribution < -0.4 is 5.32 Å². The average Bonchev–Trinajstić information content (AvgIpc) is 3.00. The number of rotatable bonds is 5. The summed E-state index contributed by atoms with van der Waals surface area (Å²) in [4.78, 5) is 23.1. The van der Waals surface area contributed by atoms with Crippen LogP contribution in [0.3, 0.4) is 0 Å². The molecule has 2 aromatic rings. The number of nitro benzene ring substituents is 1. The lowest BCUT2D eigenvalue weighted by Crippen LogP contribution is -2.27. The molecule has 21 heavy (non-hydrogen) atoms. The molecule has 1 unspecified atom stereocenters. The van der Waals surface area contributed by atoms with Crippen molar-refractivity contribution in [3.63, 3.8) is 0 Å². The predicted octanol–water partition coefficient (Wildman–Crippen LogP) is 1.32. The first kappa shape index (κ1) is 14.9. The highest BCUT2D eigenvalue weighted by molar-refractivity contribution is 7.98. The summed E-state index contributed by atoms with van der Waals surface area (Å²) >= 11 is 1.25. The van der Waals surface area contributed by atoms with Crippen molar-refractivity contribution in [2.24, 2.45) is 0 Å². The molecule has 0 aliphatic rings. The molecule has 0 aliphatic heterocycles. The van der Waals surface area contributed by atoms with Crippen LogP contribution in [0.1, 0.15) is 29.1 Å². The van der Waals surface area contributed by atoms with Gasteiger partial charge in [-0.1, -0.05) is 5.21 Å². The van der Waals surface area contributed by atoms with Gasteiger partial charge in [-0.2, -0.15) is 5.21 Å². The minimum Gasteiger partial charge on any atom is -0.342 e. The Kier molecular flexibility index (Phi) is 4.48. The number of aromatic nitrogens is 4. The normalized spacial score (nSPS) is 11.9. The maximum Gasteiger partial charge on any atom is 0.283 e. The molecule has 1 heterocycles. The number of hydrogen-bond acceptors (Lipinski definition) is 7. The minimum absolute atomic E-state index is 0.0950. The van der Waals surface area contributed by atoms with Crippen LogP contribution in [0.25, 0.3) is 0 Å². The number of benzene rings is 1. The molecule has 0 fully saturated rings. The quantitative estimate of drug-likeness (QED) is 0.484. The molecule has 0 radical (unpaired) electrons. The highest BCUT2D eigenvalue weighted by Crippen LogP contribution is 2.28. The smallest absolute Gasteiger partial charge is 0.283 e. The number of carbonyl (C=O) groups is 1. The van der Waals surface area contributed by atoms with Crippen molar-refractivity contribution >= 4 is 23.4 Å². The first-order valence-electron chi connectivity index (χ1n) is 5.89. The third-order valence-corrected chi connectivity index (χ3v) is 3.52. The maximum absolute atomic E-state index is 12.1. The van der Waals surface area contributed by atoms with Gasteiger partial charge in [0.25, 0.3) is 11.6 Å². The van der Waals surface area contributed by atoms with E-state index in [1.807, 2.05) is 0 Å². The number of carbonyl (C=O) groups excluding carboxylic acids is 1. The predicted molar refractivity (Wildman–Crippen MR) is 74.9 cm³/mol. The summed E-state index contributed by atoms with van der Waals surface area (Å²) in [7, 11) is 0. The van der Waals surface area contributed by atoms with Crippen molar-refractivity contribution < 1.29 is 9.72 Å². The second-order valence-electron chi connectivity index (χ2n) is 4.11. The Morgan fingerprint density at radius 2 is 2.29 bits per heavy atom. The monoisotopic (exact) mass is 308 g/mol. The van der Waals surface area contributed by atoms with Crippen LogP contribution in [0.5, 0.6) is 0 Å². The molecule has 10 heteroatoms. The topological polar surface area (TPSA) is 127 Å². The van der Waals surface area contributed by atoms with Crippen LogP contribution in [0.2, 0.25) is 0 Å². The number of H-pyrrole nitrogens is 1. The van der Waals surface area contributed by atoms with Crippen molar-refractivity contribution in [3.05, 3.63) is 39.7 Å². The number of aromatic amines is 1. The van der Waals surface area contributed by atoms with Crippen LogP contribution in [-0.2, 0) is 0 Å². The molecule has 1 aromatic carbocycles. The summed E-state index contributed by atoms with van der Waals surface area (Å²) in [6, 6.07) is 3.88. The fourth-order valence-electron chi connectivity index (χ4n) is 1.67. The molecule has 0 spiro atoms. The van der Waals surface area contributed by atoms with Gasteiger partial charge in [0.1, 0.15) is 0 Å². The second-order valence-corrected chi connectivity index (χ2v) is 4.96. The van der Waals surface area contributed by atoms with E-state index < -0.39 is 16.9 Å². The zero-order valence-corrected chi connectivity index (χ0v) is 12.0. The van der Waals surface area contributed by atoms with Crippen LogP contribution in [0.4, 0.5) is 5.69 Å². The summed E-state index contributed by atoms with van der Waals surface area (Å²) in [5.74, 6) is -0.110. The lowest BCUT2D eigenvalue weighted by atomic mass is 10.1. The first-order valence-corrected chi connectivity index (χ1v) is 7.12. The highest BCUT2D eigenvalue weighted by atomic mass is 32.2. The molecule has 0 saturated carbocycles. The van der Waals surface area contributed by atoms with Crippen molar-refractivity contribution in [1.82, 2.24) is 25.9 Å². The fraction of sp³-hybridized carbons (Fsp3) is 0.273. The standard InChI is InChI=1S/C11H12N6O3S/c1-6(10-13-15-16-14-10)12-11(18)7-3-4-9(21-2)8(5-7)17(19)20/h3-6H,1-2H3,(H,12,18)(H,13,14,15,16). The average molecular weight is 308 g/mol. The lowest BCUT2D eigenvalue weighted by Gasteiger charge is -2.10. The SMILES string of the molecule is CSc1ccc(C(=O)NC(C)c2nn[nH]n2)cc1[N+](=O)[O-]. The van der Waals surface area contributed by atoms with Gasteiger partial charge in [0.05, 0.1) is 15.9 Å². The lowest BCUT2D eigenvalue weighted by molar-refractivity contribution is -0.387. The first-order chi connectivity index (χ1) is 10.0. The van der Waals surface area contributed by atoms with Gasteiger partial charge in [-0.05, 0) is 25.3 Å². The zero-order chi connectivity index (χ0) is 15.4. The van der Waals surface area contributed by atoms with E-state index in [9.17, 15) is 14.9 Å². The maximum atomic E-state index is 12.1. The van der Waals surface area contributed by atoms with Crippen LogP contribution in [-0.4, -0.2) is 37.7 Å². The molecule has 1 aromatic heterocycles. The Hall–Kier alpha value is -2.49. The van der Waals surface area contributed by atoms with Gasteiger partial charge < -0.3 is 5.32 Å². The number of hydrogen-bond donors (Lipinski definition) is 2. The van der Waals surface area contributed by atoms with Crippen LogP contribution in [0, 0.1) is 10.1 Å². The van der Waals surface area contributed by atoms with Crippen molar-refractivity contribution in [2.75, 3.05) is 6.26 Å². The van der Waals surface area contributed by atoms with E-state index in [2.05, 4.69) is 25.9 Å². The molecule has 0 bridgehead atoms. The fourth-order valence-corrected chi connectivity index (χ4v) is 2.22. The van der Waals surface area contributed by atoms with Gasteiger partial charge in [-0.15, -0.1) is 22.0 Å². The Bertz CT molecular complexity index is 660. The Morgan fingerprint density at radius 3 is 2.86 bits per heavy atom. The number of tetrazole rings is 1.